The lowest BCUT2D eigenvalue weighted by Gasteiger charge is -1.92. The van der Waals surface area contributed by atoms with Gasteiger partial charge in [-0.25, -0.2) is 0 Å². The number of amides is 1. The van der Waals surface area contributed by atoms with Gasteiger partial charge in [-0.1, -0.05) is 11.2 Å². The van der Waals surface area contributed by atoms with Gasteiger partial charge in [0.15, 0.2) is 5.82 Å². The molecule has 0 aliphatic heterocycles. The third-order valence-corrected chi connectivity index (χ3v) is 1.20. The fraction of sp³-hybridized carbons (Fsp3) is 0.250. The first-order valence-corrected chi connectivity index (χ1v) is 3.59. The summed E-state index contributed by atoms with van der Waals surface area (Å²) >= 11 is 0. The van der Waals surface area contributed by atoms with Crippen molar-refractivity contribution < 1.29 is 9.32 Å². The van der Waals surface area contributed by atoms with Crippen molar-refractivity contribution in [1.29, 1.82) is 0 Å². The predicted molar refractivity (Wildman–Crippen MR) is 44.7 cm³/mol. The van der Waals surface area contributed by atoms with Gasteiger partial charge in [-0.2, -0.15) is 0 Å². The molecule has 0 unspecified atom stereocenters. The molecule has 1 heterocycles. The quantitative estimate of drug-likeness (QED) is 0.677. The van der Waals surface area contributed by atoms with E-state index in [4.69, 9.17) is 4.52 Å². The molecule has 12 heavy (non-hydrogen) atoms. The largest absolute Gasteiger partial charge is 0.360 e. The highest BCUT2D eigenvalue weighted by molar-refractivity contribution is 5.98. The first-order valence-electron chi connectivity index (χ1n) is 3.59. The van der Waals surface area contributed by atoms with Crippen LogP contribution in [-0.2, 0) is 4.79 Å². The van der Waals surface area contributed by atoms with Crippen LogP contribution in [0.2, 0.25) is 0 Å². The number of hydrogen-bond acceptors (Lipinski definition) is 3. The minimum Gasteiger partial charge on any atom is -0.360 e. The van der Waals surface area contributed by atoms with Gasteiger partial charge in [0, 0.05) is 6.07 Å². The lowest BCUT2D eigenvalue weighted by atomic mass is 10.4. The molecule has 0 saturated carbocycles. The Labute approximate surface area is 70.2 Å². The van der Waals surface area contributed by atoms with Crippen LogP contribution in [0.1, 0.15) is 12.7 Å². The SMILES string of the molecule is C/C=C/C(=O)Nc1cc(C)on1. The normalized spacial score (nSPS) is 10.5. The average Bonchev–Trinajstić information content (AvgIpc) is 2.36. The molecule has 1 aromatic rings. The summed E-state index contributed by atoms with van der Waals surface area (Å²) in [5, 5.41) is 6.13. The van der Waals surface area contributed by atoms with Crippen LogP contribution >= 0.6 is 0 Å². The lowest BCUT2D eigenvalue weighted by Crippen LogP contribution is -2.07. The van der Waals surface area contributed by atoms with Crippen LogP contribution in [0.4, 0.5) is 5.82 Å². The Bertz CT molecular complexity index is 302. The van der Waals surface area contributed by atoms with E-state index in [2.05, 4.69) is 10.5 Å². The standard InChI is InChI=1S/C8H10N2O2/c1-3-4-8(11)9-7-5-6(2)12-10-7/h3-5H,1-2H3,(H,9,10,11)/b4-3+. The number of hydrogen-bond donors (Lipinski definition) is 1. The van der Waals surface area contributed by atoms with Crippen LogP contribution < -0.4 is 5.32 Å². The van der Waals surface area contributed by atoms with Crippen molar-refractivity contribution in [2.24, 2.45) is 0 Å². The Hall–Kier alpha value is -1.58. The summed E-state index contributed by atoms with van der Waals surface area (Å²) in [6, 6.07) is 1.65. The van der Waals surface area contributed by atoms with Crippen LogP contribution in [0.15, 0.2) is 22.7 Å². The number of carbonyl (C=O) groups excluding carboxylic acids is 1. The summed E-state index contributed by atoms with van der Waals surface area (Å²) in [4.78, 5) is 10.9. The first kappa shape index (κ1) is 8.52. The van der Waals surface area contributed by atoms with Crippen molar-refractivity contribution in [1.82, 2.24) is 5.16 Å². The maximum atomic E-state index is 10.9. The lowest BCUT2D eigenvalue weighted by molar-refractivity contribution is -0.111. The van der Waals surface area contributed by atoms with Crippen LogP contribution in [0.5, 0.6) is 0 Å². The third-order valence-electron chi connectivity index (χ3n) is 1.20. The van der Waals surface area contributed by atoms with E-state index in [-0.39, 0.29) is 5.91 Å². The van der Waals surface area contributed by atoms with E-state index < -0.39 is 0 Å². The van der Waals surface area contributed by atoms with Gasteiger partial charge in [0.1, 0.15) is 5.76 Å². The van der Waals surface area contributed by atoms with Crippen molar-refractivity contribution in [2.75, 3.05) is 5.32 Å². The molecule has 1 aromatic heterocycles. The summed E-state index contributed by atoms with van der Waals surface area (Å²) in [6.45, 7) is 3.53. The van der Waals surface area contributed by atoms with Gasteiger partial charge in [-0.05, 0) is 19.9 Å². The highest BCUT2D eigenvalue weighted by Gasteiger charge is 2.01. The molecule has 0 saturated heterocycles. The van der Waals surface area contributed by atoms with E-state index in [1.54, 1.807) is 26.0 Å². The number of carbonyl (C=O) groups is 1. The number of nitrogens with zero attached hydrogens (tertiary/aromatic N) is 1. The van der Waals surface area contributed by atoms with Crippen LogP contribution in [0, 0.1) is 6.92 Å². The first-order chi connectivity index (χ1) is 5.72. The molecule has 0 aromatic carbocycles. The van der Waals surface area contributed by atoms with Crippen molar-refractivity contribution >= 4 is 11.7 Å². The summed E-state index contributed by atoms with van der Waals surface area (Å²) in [7, 11) is 0. The molecule has 1 rings (SSSR count). The van der Waals surface area contributed by atoms with Gasteiger partial charge < -0.3 is 9.84 Å². The molecule has 1 amide bonds. The van der Waals surface area contributed by atoms with Gasteiger partial charge in [0.05, 0.1) is 0 Å². The van der Waals surface area contributed by atoms with E-state index in [1.165, 1.54) is 6.08 Å². The molecule has 0 radical (unpaired) electrons. The Morgan fingerprint density at radius 3 is 3.00 bits per heavy atom. The monoisotopic (exact) mass is 166 g/mol. The highest BCUT2D eigenvalue weighted by atomic mass is 16.5. The van der Waals surface area contributed by atoms with Gasteiger partial charge in [0.2, 0.25) is 5.91 Å². The molecule has 0 bridgehead atoms. The number of aryl methyl sites for hydroxylation is 1. The van der Waals surface area contributed by atoms with Crippen molar-refractivity contribution in [2.45, 2.75) is 13.8 Å². The molecule has 0 atom stereocenters. The molecule has 4 heteroatoms. The zero-order chi connectivity index (χ0) is 8.97. The highest BCUT2D eigenvalue weighted by Crippen LogP contribution is 2.06. The smallest absolute Gasteiger partial charge is 0.249 e. The Morgan fingerprint density at radius 2 is 2.50 bits per heavy atom. The van der Waals surface area contributed by atoms with E-state index in [0.717, 1.165) is 0 Å². The maximum Gasteiger partial charge on any atom is 0.249 e. The maximum absolute atomic E-state index is 10.9. The van der Waals surface area contributed by atoms with Gasteiger partial charge in [-0.15, -0.1) is 0 Å². The Balaban J connectivity index is 2.58. The second kappa shape index (κ2) is 3.71. The van der Waals surface area contributed by atoms with E-state index in [9.17, 15) is 4.79 Å². The van der Waals surface area contributed by atoms with Crippen LogP contribution in [0.3, 0.4) is 0 Å². The van der Waals surface area contributed by atoms with E-state index in [1.807, 2.05) is 0 Å². The number of allylic oxidation sites excluding steroid dienone is 1. The average molecular weight is 166 g/mol. The second-order valence-corrected chi connectivity index (χ2v) is 2.31. The molecule has 0 aliphatic carbocycles. The summed E-state index contributed by atoms with van der Waals surface area (Å²) in [5.74, 6) is 0.909. The van der Waals surface area contributed by atoms with Gasteiger partial charge >= 0.3 is 0 Å². The van der Waals surface area contributed by atoms with E-state index >= 15 is 0 Å². The summed E-state index contributed by atoms with van der Waals surface area (Å²) in [6.07, 6.45) is 3.08. The molecule has 0 aliphatic rings. The number of aromatic nitrogens is 1. The van der Waals surface area contributed by atoms with Crippen LogP contribution in [0.25, 0.3) is 0 Å². The topological polar surface area (TPSA) is 55.1 Å². The van der Waals surface area contributed by atoms with Crippen molar-refractivity contribution in [3.05, 3.63) is 24.0 Å². The number of rotatable bonds is 2. The van der Waals surface area contributed by atoms with Crippen LogP contribution in [-0.4, -0.2) is 11.1 Å². The molecular formula is C8H10N2O2. The molecular weight excluding hydrogens is 156 g/mol. The Kier molecular flexibility index (Phi) is 2.63. The van der Waals surface area contributed by atoms with Crippen molar-refractivity contribution in [3.63, 3.8) is 0 Å². The molecule has 1 N–H and O–H groups in total. The predicted octanol–water partition coefficient (Wildman–Crippen LogP) is 1.50. The second-order valence-electron chi connectivity index (χ2n) is 2.31. The fourth-order valence-electron chi connectivity index (χ4n) is 0.745. The number of nitrogens with one attached hydrogen (secondary N) is 1. The summed E-state index contributed by atoms with van der Waals surface area (Å²) in [5.41, 5.74) is 0. The number of anilines is 1. The van der Waals surface area contributed by atoms with E-state index in [0.29, 0.717) is 11.6 Å². The fourth-order valence-corrected chi connectivity index (χ4v) is 0.745. The zero-order valence-corrected chi connectivity index (χ0v) is 7.00. The molecule has 0 fully saturated rings. The van der Waals surface area contributed by atoms with Gasteiger partial charge in [-0.3, -0.25) is 4.79 Å². The Morgan fingerprint density at radius 1 is 1.75 bits per heavy atom. The zero-order valence-electron chi connectivity index (χ0n) is 7.00. The summed E-state index contributed by atoms with van der Waals surface area (Å²) < 4.78 is 4.75. The molecule has 64 valence electrons. The van der Waals surface area contributed by atoms with Gasteiger partial charge in [0.25, 0.3) is 0 Å². The minimum absolute atomic E-state index is 0.203. The minimum atomic E-state index is -0.203. The molecule has 4 nitrogen and oxygen atoms in total. The van der Waals surface area contributed by atoms with Crippen molar-refractivity contribution in [3.8, 4) is 0 Å². The molecule has 0 spiro atoms. The third kappa shape index (κ3) is 2.23.